The van der Waals surface area contributed by atoms with Gasteiger partial charge in [0.1, 0.15) is 12.1 Å². The average molecular weight is 731 g/mol. The first kappa shape index (κ1) is 41.0. The smallest absolute Gasteiger partial charge is 0.323 e. The molecule has 0 heterocycles. The van der Waals surface area contributed by atoms with Crippen molar-refractivity contribution in [3.63, 3.8) is 0 Å². The molecule has 0 aliphatic heterocycles. The molecule has 8 atom stereocenters. The lowest BCUT2D eigenvalue weighted by molar-refractivity contribution is -0.154. The van der Waals surface area contributed by atoms with Crippen LogP contribution in [-0.2, 0) is 38.1 Å². The van der Waals surface area contributed by atoms with Gasteiger partial charge in [0.25, 0.3) is 0 Å². The highest BCUT2D eigenvalue weighted by Gasteiger charge is 2.49. The molecule has 5 fully saturated rings. The Morgan fingerprint density at radius 1 is 0.596 bits per heavy atom. The standard InChI is InChI=1S/C42H70N2O8/c1-5-7-17-49-37(45)21-36(44-28-42(4)24-32-14-16-34(42)20-32)40(48)52-26-30-11-9-29(10-12-30)25-51-38(46)22-35(39(47)50-18-8-6-2)43-27-41(3)23-31-13-15-33(41)19-31/h29-36,43-44H,5-28H2,1-4H3. The molecule has 0 aromatic heterocycles. The van der Waals surface area contributed by atoms with Gasteiger partial charge in [-0.3, -0.25) is 19.2 Å². The van der Waals surface area contributed by atoms with Crippen LogP contribution in [0.15, 0.2) is 0 Å². The Hall–Kier alpha value is -2.20. The summed E-state index contributed by atoms with van der Waals surface area (Å²) in [7, 11) is 0. The number of ether oxygens (including phenoxy) is 4. The first-order chi connectivity index (χ1) is 25.0. The molecule has 0 aromatic rings. The maximum absolute atomic E-state index is 13.4. The molecule has 5 saturated carbocycles. The number of unbranched alkanes of at least 4 members (excludes halogenated alkanes) is 2. The third-order valence-electron chi connectivity index (χ3n) is 13.8. The molecule has 0 amide bonds. The number of esters is 4. The Labute approximate surface area is 313 Å². The van der Waals surface area contributed by atoms with Gasteiger partial charge in [0.05, 0.1) is 39.3 Å². The minimum Gasteiger partial charge on any atom is -0.466 e. The van der Waals surface area contributed by atoms with Crippen molar-refractivity contribution in [2.24, 2.45) is 46.3 Å². The van der Waals surface area contributed by atoms with Gasteiger partial charge in [-0.15, -0.1) is 0 Å². The molecule has 8 unspecified atom stereocenters. The lowest BCUT2D eigenvalue weighted by Crippen LogP contribution is -2.46. The molecule has 0 saturated heterocycles. The summed E-state index contributed by atoms with van der Waals surface area (Å²) in [6, 6.07) is -1.40. The molecule has 0 aromatic carbocycles. The second-order valence-corrected chi connectivity index (χ2v) is 18.0. The maximum Gasteiger partial charge on any atom is 0.323 e. The van der Waals surface area contributed by atoms with Gasteiger partial charge in [-0.1, -0.05) is 53.4 Å². The largest absolute Gasteiger partial charge is 0.466 e. The molecular formula is C42H70N2O8. The van der Waals surface area contributed by atoms with Crippen molar-refractivity contribution in [2.45, 2.75) is 155 Å². The summed E-state index contributed by atoms with van der Waals surface area (Å²) >= 11 is 0. The average Bonchev–Trinajstić information content (AvgIpc) is 3.93. The normalized spacial score (nSPS) is 33.1. The van der Waals surface area contributed by atoms with Crippen LogP contribution in [0.25, 0.3) is 0 Å². The predicted octanol–water partition coefficient (Wildman–Crippen LogP) is 6.92. The predicted molar refractivity (Wildman–Crippen MR) is 199 cm³/mol. The molecule has 52 heavy (non-hydrogen) atoms. The van der Waals surface area contributed by atoms with E-state index in [0.29, 0.717) is 51.4 Å². The summed E-state index contributed by atoms with van der Waals surface area (Å²) in [5, 5.41) is 6.86. The van der Waals surface area contributed by atoms with Crippen LogP contribution in [0.1, 0.15) is 143 Å². The second-order valence-electron chi connectivity index (χ2n) is 18.0. The van der Waals surface area contributed by atoms with Crippen molar-refractivity contribution < 1.29 is 38.1 Å². The molecule has 5 aliphatic rings. The Bertz CT molecular complexity index is 1190. The van der Waals surface area contributed by atoms with Gasteiger partial charge in [0.15, 0.2) is 0 Å². The number of carbonyl (C=O) groups is 4. The van der Waals surface area contributed by atoms with E-state index in [4.69, 9.17) is 18.9 Å². The minimum absolute atomic E-state index is 0.0159. The van der Waals surface area contributed by atoms with E-state index in [1.807, 2.05) is 0 Å². The highest BCUT2D eigenvalue weighted by Crippen LogP contribution is 2.56. The Kier molecular flexibility index (Phi) is 15.3. The van der Waals surface area contributed by atoms with E-state index in [1.54, 1.807) is 0 Å². The molecule has 296 valence electrons. The molecular weight excluding hydrogens is 660 g/mol. The van der Waals surface area contributed by atoms with Gasteiger partial charge in [-0.05, 0) is 123 Å². The number of nitrogens with one attached hydrogen (secondary N) is 2. The van der Waals surface area contributed by atoms with Crippen LogP contribution >= 0.6 is 0 Å². The van der Waals surface area contributed by atoms with Crippen molar-refractivity contribution in [3.05, 3.63) is 0 Å². The maximum atomic E-state index is 13.4. The van der Waals surface area contributed by atoms with E-state index < -0.39 is 12.1 Å². The van der Waals surface area contributed by atoms with Crippen molar-refractivity contribution in [1.29, 1.82) is 0 Å². The first-order valence-corrected chi connectivity index (χ1v) is 21.1. The SMILES string of the molecule is CCCCOC(=O)CC(NCC1(C)CC2CCC1C2)C(=O)OCC1CCC(COC(=O)CC(NCC2(C)CC3CCC2C3)C(=O)OCCCC)CC1. The van der Waals surface area contributed by atoms with Crippen LogP contribution in [0, 0.1) is 46.3 Å². The van der Waals surface area contributed by atoms with Gasteiger partial charge >= 0.3 is 23.9 Å². The zero-order chi connectivity index (χ0) is 37.1. The van der Waals surface area contributed by atoms with Gasteiger partial charge in [0, 0.05) is 13.1 Å². The summed E-state index contributed by atoms with van der Waals surface area (Å²) in [5.74, 6) is 1.95. The van der Waals surface area contributed by atoms with E-state index in [9.17, 15) is 19.2 Å². The first-order valence-electron chi connectivity index (χ1n) is 21.1. The lowest BCUT2D eigenvalue weighted by atomic mass is 9.74. The summed E-state index contributed by atoms with van der Waals surface area (Å²) in [4.78, 5) is 52.0. The van der Waals surface area contributed by atoms with Gasteiger partial charge in [-0.2, -0.15) is 0 Å². The number of carbonyl (C=O) groups excluding carboxylic acids is 4. The summed E-state index contributed by atoms with van der Waals surface area (Å²) < 4.78 is 22.5. The molecule has 10 heteroatoms. The molecule has 5 rings (SSSR count). The van der Waals surface area contributed by atoms with Crippen LogP contribution in [-0.4, -0.2) is 75.5 Å². The van der Waals surface area contributed by atoms with Gasteiger partial charge < -0.3 is 29.6 Å². The quantitative estimate of drug-likeness (QED) is 0.0689. The fraction of sp³-hybridized carbons (Fsp3) is 0.905. The number of fused-ring (bicyclic) bond motifs is 4. The van der Waals surface area contributed by atoms with Crippen LogP contribution in [0.3, 0.4) is 0 Å². The van der Waals surface area contributed by atoms with Crippen LogP contribution in [0.4, 0.5) is 0 Å². The Morgan fingerprint density at radius 3 is 1.48 bits per heavy atom. The van der Waals surface area contributed by atoms with E-state index in [1.165, 1.54) is 51.4 Å². The van der Waals surface area contributed by atoms with E-state index in [-0.39, 0.29) is 59.4 Å². The summed E-state index contributed by atoms with van der Waals surface area (Å²) in [6.07, 6.45) is 17.0. The monoisotopic (exact) mass is 731 g/mol. The van der Waals surface area contributed by atoms with Gasteiger partial charge in [-0.25, -0.2) is 0 Å². The molecule has 2 N–H and O–H groups in total. The van der Waals surface area contributed by atoms with E-state index in [2.05, 4.69) is 38.3 Å². The van der Waals surface area contributed by atoms with Gasteiger partial charge in [0.2, 0.25) is 0 Å². The molecule has 10 nitrogen and oxygen atoms in total. The lowest BCUT2D eigenvalue weighted by Gasteiger charge is -2.35. The highest BCUT2D eigenvalue weighted by atomic mass is 16.5. The molecule has 5 aliphatic carbocycles. The number of hydrogen-bond donors (Lipinski definition) is 2. The number of rotatable bonds is 22. The van der Waals surface area contributed by atoms with Crippen molar-refractivity contribution >= 4 is 23.9 Å². The fourth-order valence-corrected chi connectivity index (χ4v) is 10.3. The third-order valence-corrected chi connectivity index (χ3v) is 13.8. The fourth-order valence-electron chi connectivity index (χ4n) is 10.3. The van der Waals surface area contributed by atoms with E-state index >= 15 is 0 Å². The van der Waals surface area contributed by atoms with Crippen molar-refractivity contribution in [1.82, 2.24) is 10.6 Å². The molecule has 0 spiro atoms. The zero-order valence-electron chi connectivity index (χ0n) is 32.9. The molecule has 4 bridgehead atoms. The second kappa shape index (κ2) is 19.4. The van der Waals surface area contributed by atoms with Crippen molar-refractivity contribution in [3.8, 4) is 0 Å². The topological polar surface area (TPSA) is 129 Å². The minimum atomic E-state index is -0.709. The Morgan fingerprint density at radius 2 is 1.04 bits per heavy atom. The summed E-state index contributed by atoms with van der Waals surface area (Å²) in [5.41, 5.74) is 0.311. The highest BCUT2D eigenvalue weighted by molar-refractivity contribution is 5.83. The zero-order valence-corrected chi connectivity index (χ0v) is 32.9. The van der Waals surface area contributed by atoms with Crippen LogP contribution in [0.2, 0.25) is 0 Å². The van der Waals surface area contributed by atoms with Crippen molar-refractivity contribution in [2.75, 3.05) is 39.5 Å². The Balaban J connectivity index is 1.03. The third kappa shape index (κ3) is 11.4. The van der Waals surface area contributed by atoms with E-state index in [0.717, 1.165) is 63.2 Å². The molecule has 0 radical (unpaired) electrons. The number of hydrogen-bond acceptors (Lipinski definition) is 10. The van der Waals surface area contributed by atoms with Crippen LogP contribution < -0.4 is 10.6 Å². The summed E-state index contributed by atoms with van der Waals surface area (Å²) in [6.45, 7) is 11.6. The van der Waals surface area contributed by atoms with Crippen LogP contribution in [0.5, 0.6) is 0 Å².